The lowest BCUT2D eigenvalue weighted by Gasteiger charge is -2.21. The number of hydrogen-bond acceptors (Lipinski definition) is 3. The zero-order valence-corrected chi connectivity index (χ0v) is 11.4. The largest absolute Gasteiger partial charge is 0.328 e. The summed E-state index contributed by atoms with van der Waals surface area (Å²) < 4.78 is 11.2. The molecular weight excluding hydrogens is 224 g/mol. The van der Waals surface area contributed by atoms with Gasteiger partial charge < -0.3 is 4.90 Å². The molecule has 0 saturated carbocycles. The van der Waals surface area contributed by atoms with Crippen molar-refractivity contribution in [3.8, 4) is 0 Å². The number of amides is 1. The highest BCUT2D eigenvalue weighted by Crippen LogP contribution is 2.19. The molecule has 1 aliphatic rings. The van der Waals surface area contributed by atoms with Gasteiger partial charge in [0.15, 0.2) is 0 Å². The Hall–Kier alpha value is -0.420. The van der Waals surface area contributed by atoms with Crippen LogP contribution in [0.5, 0.6) is 0 Å². The van der Waals surface area contributed by atoms with Crippen LogP contribution in [0.3, 0.4) is 0 Å². The maximum absolute atomic E-state index is 12.0. The second-order valence-corrected chi connectivity index (χ2v) is 6.49. The molecule has 1 amide bonds. The molecule has 1 heterocycles. The van der Waals surface area contributed by atoms with Crippen molar-refractivity contribution < 1.29 is 9.00 Å². The Morgan fingerprint density at radius 2 is 2.25 bits per heavy atom. The van der Waals surface area contributed by atoms with Crippen molar-refractivity contribution in [3.63, 3.8) is 0 Å². The Kier molecular flexibility index (Phi) is 4.50. The number of nitrogens with one attached hydrogen (secondary N) is 1. The molecule has 0 radical (unpaired) electrons. The average Bonchev–Trinajstić information content (AvgIpc) is 2.54. The number of carbonyl (C=O) groups is 1. The third-order valence-electron chi connectivity index (χ3n) is 3.50. The molecule has 3 atom stereocenters. The maximum atomic E-state index is 12.0. The fourth-order valence-electron chi connectivity index (χ4n) is 1.73. The second kappa shape index (κ2) is 5.27. The molecule has 1 aliphatic heterocycles. The van der Waals surface area contributed by atoms with Gasteiger partial charge in [0.2, 0.25) is 5.91 Å². The van der Waals surface area contributed by atoms with Gasteiger partial charge in [-0.25, -0.2) is 0 Å². The lowest BCUT2D eigenvalue weighted by atomic mass is 9.99. The maximum Gasteiger partial charge on any atom is 0.243 e. The van der Waals surface area contributed by atoms with Crippen LogP contribution < -0.4 is 5.32 Å². The van der Waals surface area contributed by atoms with Crippen LogP contribution in [0.15, 0.2) is 0 Å². The topological polar surface area (TPSA) is 49.4 Å². The highest BCUT2D eigenvalue weighted by Gasteiger charge is 2.40. The molecule has 0 aromatic heterocycles. The predicted octanol–water partition coefficient (Wildman–Crippen LogP) is 0.702. The zero-order chi connectivity index (χ0) is 12.3. The summed E-state index contributed by atoms with van der Waals surface area (Å²) in [6, 6.07) is 0. The van der Waals surface area contributed by atoms with Crippen LogP contribution in [-0.4, -0.2) is 45.3 Å². The van der Waals surface area contributed by atoms with Crippen LogP contribution in [0.1, 0.15) is 33.6 Å². The molecule has 0 spiro atoms. The van der Waals surface area contributed by atoms with Gasteiger partial charge in [0, 0.05) is 28.9 Å². The third kappa shape index (κ3) is 2.83. The van der Waals surface area contributed by atoms with Crippen LogP contribution in [0.2, 0.25) is 0 Å². The van der Waals surface area contributed by atoms with Gasteiger partial charge in [-0.15, -0.1) is 0 Å². The number of nitrogens with zero attached hydrogens (tertiary/aromatic N) is 1. The molecule has 0 aromatic carbocycles. The van der Waals surface area contributed by atoms with Gasteiger partial charge in [0.25, 0.3) is 0 Å². The monoisotopic (exact) mass is 246 g/mol. The fraction of sp³-hybridized carbons (Fsp3) is 0.909. The summed E-state index contributed by atoms with van der Waals surface area (Å²) in [5, 5.41) is 3.39. The minimum Gasteiger partial charge on any atom is -0.328 e. The van der Waals surface area contributed by atoms with Gasteiger partial charge in [0.1, 0.15) is 0 Å². The van der Waals surface area contributed by atoms with Crippen molar-refractivity contribution >= 4 is 16.7 Å². The Labute approximate surface area is 100 Å². The fourth-order valence-corrected chi connectivity index (χ4v) is 2.16. The summed E-state index contributed by atoms with van der Waals surface area (Å²) >= 11 is 0. The quantitative estimate of drug-likeness (QED) is 0.777. The van der Waals surface area contributed by atoms with Crippen molar-refractivity contribution in [1.29, 1.82) is 0 Å². The molecule has 1 saturated heterocycles. The first kappa shape index (κ1) is 13.6. The first-order valence-electron chi connectivity index (χ1n) is 5.77. The molecule has 0 bridgehead atoms. The standard InChI is InChI=1S/C11H22N2O2S/c1-5-11(3)10(14)13(8-12-11)7-6-9(2)16(4)15/h9,12H,5-8H2,1-4H3. The van der Waals surface area contributed by atoms with Crippen LogP contribution in [0, 0.1) is 0 Å². The van der Waals surface area contributed by atoms with Crippen LogP contribution in [0.25, 0.3) is 0 Å². The summed E-state index contributed by atoms with van der Waals surface area (Å²) in [6.07, 6.45) is 3.32. The van der Waals surface area contributed by atoms with Gasteiger partial charge in [-0.1, -0.05) is 13.8 Å². The van der Waals surface area contributed by atoms with Crippen LogP contribution >= 0.6 is 0 Å². The van der Waals surface area contributed by atoms with Gasteiger partial charge in [-0.2, -0.15) is 0 Å². The van der Waals surface area contributed by atoms with Crippen molar-refractivity contribution in [2.75, 3.05) is 19.5 Å². The van der Waals surface area contributed by atoms with E-state index in [-0.39, 0.29) is 11.2 Å². The van der Waals surface area contributed by atoms with Gasteiger partial charge in [-0.3, -0.25) is 14.3 Å². The van der Waals surface area contributed by atoms with E-state index in [1.807, 2.05) is 25.7 Å². The zero-order valence-electron chi connectivity index (χ0n) is 10.6. The van der Waals surface area contributed by atoms with E-state index in [4.69, 9.17) is 0 Å². The first-order valence-corrected chi connectivity index (χ1v) is 7.39. The van der Waals surface area contributed by atoms with E-state index in [2.05, 4.69) is 5.32 Å². The molecule has 4 nitrogen and oxygen atoms in total. The van der Waals surface area contributed by atoms with Crippen LogP contribution in [0.4, 0.5) is 0 Å². The molecule has 1 N–H and O–H groups in total. The van der Waals surface area contributed by atoms with Gasteiger partial charge >= 0.3 is 0 Å². The predicted molar refractivity (Wildman–Crippen MR) is 66.6 cm³/mol. The van der Waals surface area contributed by atoms with E-state index < -0.39 is 16.3 Å². The SMILES string of the molecule is CCC1(C)NCN(CCC(C)S(C)=O)C1=O. The van der Waals surface area contributed by atoms with Gasteiger partial charge in [0.05, 0.1) is 12.2 Å². The summed E-state index contributed by atoms with van der Waals surface area (Å²) in [6.45, 7) is 7.23. The minimum atomic E-state index is -0.801. The van der Waals surface area contributed by atoms with Crippen molar-refractivity contribution in [2.45, 2.75) is 44.4 Å². The Morgan fingerprint density at radius 1 is 1.62 bits per heavy atom. The molecule has 1 rings (SSSR count). The lowest BCUT2D eigenvalue weighted by Crippen LogP contribution is -2.43. The van der Waals surface area contributed by atoms with Crippen molar-refractivity contribution in [1.82, 2.24) is 10.2 Å². The highest BCUT2D eigenvalue weighted by atomic mass is 32.2. The molecular formula is C11H22N2O2S. The Bertz CT molecular complexity index is 296. The molecule has 5 heteroatoms. The minimum absolute atomic E-state index is 0.154. The Morgan fingerprint density at radius 3 is 2.69 bits per heavy atom. The van der Waals surface area contributed by atoms with Crippen molar-refractivity contribution in [3.05, 3.63) is 0 Å². The molecule has 1 fully saturated rings. The summed E-state index contributed by atoms with van der Waals surface area (Å²) in [4.78, 5) is 13.9. The molecule has 3 unspecified atom stereocenters. The second-order valence-electron chi connectivity index (χ2n) is 4.69. The molecule has 0 aliphatic carbocycles. The molecule has 16 heavy (non-hydrogen) atoms. The van der Waals surface area contributed by atoms with E-state index in [9.17, 15) is 9.00 Å². The number of hydrogen-bond donors (Lipinski definition) is 1. The average molecular weight is 246 g/mol. The first-order chi connectivity index (χ1) is 7.40. The lowest BCUT2D eigenvalue weighted by molar-refractivity contribution is -0.132. The van der Waals surface area contributed by atoms with E-state index in [0.717, 1.165) is 12.8 Å². The van der Waals surface area contributed by atoms with E-state index in [1.54, 1.807) is 6.26 Å². The molecule has 94 valence electrons. The van der Waals surface area contributed by atoms with E-state index >= 15 is 0 Å². The normalized spacial score (nSPS) is 29.5. The van der Waals surface area contributed by atoms with E-state index in [1.165, 1.54) is 0 Å². The summed E-state index contributed by atoms with van der Waals surface area (Å²) in [5.41, 5.74) is -0.394. The van der Waals surface area contributed by atoms with E-state index in [0.29, 0.717) is 13.2 Å². The smallest absolute Gasteiger partial charge is 0.243 e. The third-order valence-corrected chi connectivity index (χ3v) is 4.87. The van der Waals surface area contributed by atoms with Crippen LogP contribution in [-0.2, 0) is 15.6 Å². The number of carbonyl (C=O) groups excluding carboxylic acids is 1. The molecule has 0 aromatic rings. The number of rotatable bonds is 5. The highest BCUT2D eigenvalue weighted by molar-refractivity contribution is 7.84. The van der Waals surface area contributed by atoms with Crippen molar-refractivity contribution in [2.24, 2.45) is 0 Å². The Balaban J connectivity index is 2.47. The van der Waals surface area contributed by atoms with Gasteiger partial charge in [-0.05, 0) is 19.8 Å². The summed E-state index contributed by atoms with van der Waals surface area (Å²) in [5.74, 6) is 0.170. The summed E-state index contributed by atoms with van der Waals surface area (Å²) in [7, 11) is -0.801.